The van der Waals surface area contributed by atoms with E-state index >= 15 is 0 Å². The number of rotatable bonds is 4. The van der Waals surface area contributed by atoms with Crippen LogP contribution in [0.4, 0.5) is 0 Å². The van der Waals surface area contributed by atoms with Crippen LogP contribution < -0.4 is 5.32 Å². The molecule has 1 aliphatic heterocycles. The van der Waals surface area contributed by atoms with E-state index in [0.29, 0.717) is 15.6 Å². The number of halogens is 2. The van der Waals surface area contributed by atoms with E-state index in [1.165, 1.54) is 0 Å². The summed E-state index contributed by atoms with van der Waals surface area (Å²) in [5.41, 5.74) is 0.575. The van der Waals surface area contributed by atoms with Gasteiger partial charge in [-0.1, -0.05) is 35.3 Å². The highest BCUT2D eigenvalue weighted by molar-refractivity contribution is 7.90. The van der Waals surface area contributed by atoms with E-state index in [2.05, 4.69) is 5.32 Å². The second kappa shape index (κ2) is 5.14. The van der Waals surface area contributed by atoms with Crippen LogP contribution in [-0.4, -0.2) is 27.3 Å². The predicted molar refractivity (Wildman–Crippen MR) is 70.3 cm³/mol. The van der Waals surface area contributed by atoms with Gasteiger partial charge in [0.25, 0.3) is 0 Å². The summed E-state index contributed by atoms with van der Waals surface area (Å²) in [6.45, 7) is 1.56. The molecule has 17 heavy (non-hydrogen) atoms. The summed E-state index contributed by atoms with van der Waals surface area (Å²) in [6, 6.07) is 5.06. The van der Waals surface area contributed by atoms with Crippen molar-refractivity contribution in [2.24, 2.45) is 5.92 Å². The van der Waals surface area contributed by atoms with Gasteiger partial charge in [0.05, 0.1) is 21.6 Å². The lowest BCUT2D eigenvalue weighted by Crippen LogP contribution is -2.45. The summed E-state index contributed by atoms with van der Waals surface area (Å²) in [4.78, 5) is 0. The van der Waals surface area contributed by atoms with Crippen molar-refractivity contribution >= 4 is 33.0 Å². The molecule has 1 saturated heterocycles. The third-order valence-corrected chi connectivity index (χ3v) is 5.35. The molecule has 0 amide bonds. The lowest BCUT2D eigenvalue weighted by atomic mass is 10.1. The first-order chi connectivity index (χ1) is 7.98. The van der Waals surface area contributed by atoms with Crippen molar-refractivity contribution in [3.63, 3.8) is 0 Å². The lowest BCUT2D eigenvalue weighted by Gasteiger charge is -2.26. The minimum absolute atomic E-state index is 0.0388. The Hall–Kier alpha value is -0.290. The zero-order valence-corrected chi connectivity index (χ0v) is 11.4. The molecule has 0 atom stereocenters. The van der Waals surface area contributed by atoms with Gasteiger partial charge in [-0.3, -0.25) is 0 Å². The van der Waals surface area contributed by atoms with Gasteiger partial charge in [0.15, 0.2) is 9.84 Å². The topological polar surface area (TPSA) is 46.2 Å². The van der Waals surface area contributed by atoms with Crippen LogP contribution in [0.1, 0.15) is 5.56 Å². The molecule has 1 aromatic carbocycles. The van der Waals surface area contributed by atoms with E-state index in [9.17, 15) is 8.42 Å². The lowest BCUT2D eigenvalue weighted by molar-refractivity contribution is 0.378. The Balaban J connectivity index is 2.11. The minimum Gasteiger partial charge on any atom is -0.316 e. The number of nitrogens with one attached hydrogen (secondary N) is 1. The smallest absolute Gasteiger partial charge is 0.154 e. The van der Waals surface area contributed by atoms with E-state index in [0.717, 1.165) is 13.1 Å². The highest BCUT2D eigenvalue weighted by atomic mass is 35.5. The van der Waals surface area contributed by atoms with Gasteiger partial charge in [-0.2, -0.15) is 0 Å². The Morgan fingerprint density at radius 2 is 2.00 bits per heavy atom. The zero-order chi connectivity index (χ0) is 12.5. The van der Waals surface area contributed by atoms with Crippen molar-refractivity contribution in [1.29, 1.82) is 0 Å². The molecule has 6 heteroatoms. The van der Waals surface area contributed by atoms with Gasteiger partial charge in [0.1, 0.15) is 0 Å². The van der Waals surface area contributed by atoms with E-state index in [-0.39, 0.29) is 17.4 Å². The van der Waals surface area contributed by atoms with Crippen molar-refractivity contribution in [2.45, 2.75) is 5.75 Å². The molecule has 1 aromatic rings. The van der Waals surface area contributed by atoms with E-state index in [1.807, 2.05) is 0 Å². The average Bonchev–Trinajstić information content (AvgIpc) is 2.19. The normalized spacial score (nSPS) is 16.8. The molecule has 0 unspecified atom stereocenters. The molecule has 1 fully saturated rings. The third-order valence-electron chi connectivity index (χ3n) is 2.76. The van der Waals surface area contributed by atoms with Gasteiger partial charge < -0.3 is 5.32 Å². The molecule has 0 saturated carbocycles. The van der Waals surface area contributed by atoms with Gasteiger partial charge >= 0.3 is 0 Å². The Labute approximate surface area is 111 Å². The fraction of sp³-hybridized carbons (Fsp3) is 0.455. The molecule has 0 spiro atoms. The highest BCUT2D eigenvalue weighted by Crippen LogP contribution is 2.27. The van der Waals surface area contributed by atoms with Crippen LogP contribution in [0.25, 0.3) is 0 Å². The SMILES string of the molecule is O=S(=O)(Cc1cccc(Cl)c1Cl)CC1CNC1. The Kier molecular flexibility index (Phi) is 3.98. The van der Waals surface area contributed by atoms with Gasteiger partial charge in [-0.05, 0) is 17.5 Å². The second-order valence-electron chi connectivity index (χ2n) is 4.29. The van der Waals surface area contributed by atoms with Crippen molar-refractivity contribution < 1.29 is 8.42 Å². The summed E-state index contributed by atoms with van der Waals surface area (Å²) >= 11 is 11.8. The number of sulfone groups is 1. The van der Waals surface area contributed by atoms with E-state index in [4.69, 9.17) is 23.2 Å². The predicted octanol–water partition coefficient (Wildman–Crippen LogP) is 2.13. The third kappa shape index (κ3) is 3.35. The van der Waals surface area contributed by atoms with Gasteiger partial charge in [0.2, 0.25) is 0 Å². The fourth-order valence-corrected chi connectivity index (χ4v) is 4.03. The van der Waals surface area contributed by atoms with Crippen LogP contribution in [0.15, 0.2) is 18.2 Å². The van der Waals surface area contributed by atoms with Gasteiger partial charge in [-0.15, -0.1) is 0 Å². The number of hydrogen-bond donors (Lipinski definition) is 1. The summed E-state index contributed by atoms with van der Waals surface area (Å²) in [6.07, 6.45) is 0. The molecule has 0 bridgehead atoms. The van der Waals surface area contributed by atoms with Crippen LogP contribution in [-0.2, 0) is 15.6 Å². The van der Waals surface area contributed by atoms with Gasteiger partial charge in [-0.25, -0.2) is 8.42 Å². The van der Waals surface area contributed by atoms with E-state index < -0.39 is 9.84 Å². The van der Waals surface area contributed by atoms with Crippen LogP contribution in [0.3, 0.4) is 0 Å². The molecule has 0 aromatic heterocycles. The van der Waals surface area contributed by atoms with Crippen molar-refractivity contribution in [2.75, 3.05) is 18.8 Å². The number of hydrogen-bond acceptors (Lipinski definition) is 3. The van der Waals surface area contributed by atoms with Crippen molar-refractivity contribution in [3.8, 4) is 0 Å². The molecule has 2 rings (SSSR count). The molecule has 1 N–H and O–H groups in total. The molecule has 1 aliphatic rings. The summed E-state index contributed by atoms with van der Waals surface area (Å²) < 4.78 is 23.9. The van der Waals surface area contributed by atoms with Crippen LogP contribution in [0.5, 0.6) is 0 Å². The molecule has 3 nitrogen and oxygen atoms in total. The summed E-state index contributed by atoms with van der Waals surface area (Å²) in [5.74, 6) is 0.407. The molecule has 1 heterocycles. The zero-order valence-electron chi connectivity index (χ0n) is 9.12. The van der Waals surface area contributed by atoms with Crippen LogP contribution >= 0.6 is 23.2 Å². The Bertz CT molecular complexity index is 512. The van der Waals surface area contributed by atoms with Gasteiger partial charge in [0, 0.05) is 13.1 Å². The summed E-state index contributed by atoms with van der Waals surface area (Å²) in [5, 5.41) is 3.79. The molecule has 94 valence electrons. The molecular weight excluding hydrogens is 281 g/mol. The number of benzene rings is 1. The van der Waals surface area contributed by atoms with Crippen molar-refractivity contribution in [1.82, 2.24) is 5.32 Å². The standard InChI is InChI=1S/C11H13Cl2NO2S/c12-10-3-1-2-9(11(10)13)7-17(15,16)6-8-4-14-5-8/h1-3,8,14H,4-7H2. The van der Waals surface area contributed by atoms with Crippen LogP contribution in [0.2, 0.25) is 10.0 Å². The first kappa shape index (κ1) is 13.1. The summed E-state index contributed by atoms with van der Waals surface area (Å²) in [7, 11) is -3.12. The minimum atomic E-state index is -3.12. The maximum atomic E-state index is 11.9. The molecular formula is C11H13Cl2NO2S. The average molecular weight is 294 g/mol. The maximum absolute atomic E-state index is 11.9. The largest absolute Gasteiger partial charge is 0.316 e. The first-order valence-corrected chi connectivity index (χ1v) is 7.90. The van der Waals surface area contributed by atoms with E-state index in [1.54, 1.807) is 18.2 Å². The molecule has 0 radical (unpaired) electrons. The monoisotopic (exact) mass is 293 g/mol. The highest BCUT2D eigenvalue weighted by Gasteiger charge is 2.25. The van der Waals surface area contributed by atoms with Crippen molar-refractivity contribution in [3.05, 3.63) is 33.8 Å². The second-order valence-corrected chi connectivity index (χ2v) is 7.19. The quantitative estimate of drug-likeness (QED) is 0.925. The first-order valence-electron chi connectivity index (χ1n) is 5.32. The Morgan fingerprint density at radius 3 is 2.59 bits per heavy atom. The Morgan fingerprint density at radius 1 is 1.29 bits per heavy atom. The van der Waals surface area contributed by atoms with Crippen LogP contribution in [0, 0.1) is 5.92 Å². The molecule has 0 aliphatic carbocycles. The maximum Gasteiger partial charge on any atom is 0.154 e. The fourth-order valence-electron chi connectivity index (χ4n) is 1.78.